The monoisotopic (exact) mass is 1140 g/mol. The zero-order valence-electron chi connectivity index (χ0n) is 49.0. The Kier molecular flexibility index (Phi) is 14.1. The van der Waals surface area contributed by atoms with Gasteiger partial charge in [0, 0.05) is 91.3 Å². The van der Waals surface area contributed by atoms with Gasteiger partial charge in [-0.1, -0.05) is 166 Å². The van der Waals surface area contributed by atoms with Gasteiger partial charge < -0.3 is 13.9 Å². The first kappa shape index (κ1) is 53.9. The Balaban J connectivity index is 0.880. The lowest BCUT2D eigenvalue weighted by atomic mass is 9.94. The van der Waals surface area contributed by atoms with Crippen molar-refractivity contribution in [2.45, 2.75) is 13.3 Å². The summed E-state index contributed by atoms with van der Waals surface area (Å²) in [6.07, 6.45) is 12.3. The van der Waals surface area contributed by atoms with Gasteiger partial charge in [0.15, 0.2) is 0 Å². The summed E-state index contributed by atoms with van der Waals surface area (Å²) in [5, 5.41) is 4.24. The Morgan fingerprint density at radius 3 is 1.35 bits per heavy atom. The molecule has 0 atom stereocenters. The second kappa shape index (κ2) is 23.2. The molecule has 7 heteroatoms. The highest BCUT2D eigenvalue weighted by molar-refractivity contribution is 6.13. The number of benzene rings is 9. The second-order valence-corrected chi connectivity index (χ2v) is 22.2. The van der Waals surface area contributed by atoms with Crippen LogP contribution in [0.25, 0.3) is 133 Å². The maximum Gasteiger partial charge on any atom is 0.135 e. The molecule has 15 rings (SSSR count). The van der Waals surface area contributed by atoms with Crippen molar-refractivity contribution in [1.29, 1.82) is 0 Å². The topological polar surface area (TPSA) is 72.9 Å². The van der Waals surface area contributed by atoms with Gasteiger partial charge in [-0.15, -0.1) is 0 Å². The molecule has 6 aromatic heterocycles. The van der Waals surface area contributed by atoms with Crippen molar-refractivity contribution in [2.75, 3.05) is 4.90 Å². The third kappa shape index (κ3) is 10.1. The Morgan fingerprint density at radius 1 is 0.404 bits per heavy atom. The number of fused-ring (bicyclic) bond motifs is 6. The summed E-state index contributed by atoms with van der Waals surface area (Å²) in [6, 6.07) is 91.6. The van der Waals surface area contributed by atoms with Crippen LogP contribution in [-0.2, 0) is 6.42 Å². The lowest BCUT2D eigenvalue weighted by molar-refractivity contribution is 0.669. The van der Waals surface area contributed by atoms with Gasteiger partial charge >= 0.3 is 0 Å². The fourth-order valence-corrected chi connectivity index (χ4v) is 12.7. The summed E-state index contributed by atoms with van der Waals surface area (Å²) >= 11 is 0. The molecular weight excluding hydrogens is 1080 g/mol. The number of anilines is 2. The maximum atomic E-state index is 6.76. The summed E-state index contributed by atoms with van der Waals surface area (Å²) in [4.78, 5) is 21.3. The molecule has 15 aromatic rings. The van der Waals surface area contributed by atoms with Crippen molar-refractivity contribution in [1.82, 2.24) is 24.5 Å². The van der Waals surface area contributed by atoms with E-state index in [1.165, 1.54) is 0 Å². The van der Waals surface area contributed by atoms with Gasteiger partial charge in [0.1, 0.15) is 11.2 Å². The lowest BCUT2D eigenvalue weighted by Crippen LogP contribution is -2.16. The average molecular weight is 1140 g/mol. The minimum atomic E-state index is 0.764. The molecule has 0 saturated carbocycles. The van der Waals surface area contributed by atoms with Crippen LogP contribution < -0.4 is 4.90 Å². The minimum Gasteiger partial charge on any atom is -0.456 e. The van der Waals surface area contributed by atoms with Crippen molar-refractivity contribution >= 4 is 60.7 Å². The van der Waals surface area contributed by atoms with Crippen LogP contribution in [0.15, 0.2) is 321 Å². The summed E-state index contributed by atoms with van der Waals surface area (Å²) in [5.74, 6) is 0. The number of furan rings is 1. The van der Waals surface area contributed by atoms with Gasteiger partial charge in [-0.05, 0) is 184 Å². The minimum absolute atomic E-state index is 0.764. The highest BCUT2D eigenvalue weighted by atomic mass is 16.3. The molecule has 7 nitrogen and oxygen atoms in total. The maximum absolute atomic E-state index is 6.76. The molecule has 422 valence electrons. The first-order chi connectivity index (χ1) is 43.9. The number of nitrogens with zero attached hydrogens (tertiary/aromatic N) is 6. The van der Waals surface area contributed by atoms with Crippen molar-refractivity contribution in [2.24, 2.45) is 0 Å². The molecule has 0 aliphatic carbocycles. The van der Waals surface area contributed by atoms with Crippen molar-refractivity contribution in [3.63, 3.8) is 0 Å². The van der Waals surface area contributed by atoms with E-state index in [1.807, 2.05) is 91.5 Å². The third-order valence-electron chi connectivity index (χ3n) is 16.9. The van der Waals surface area contributed by atoms with Crippen LogP contribution in [-0.4, -0.2) is 24.5 Å². The van der Waals surface area contributed by atoms with Gasteiger partial charge in [-0.25, -0.2) is 0 Å². The van der Waals surface area contributed by atoms with E-state index in [1.54, 1.807) is 0 Å². The van der Waals surface area contributed by atoms with Gasteiger partial charge in [0.05, 0.1) is 33.8 Å². The molecule has 0 unspecified atom stereocenters. The summed E-state index contributed by atoms with van der Waals surface area (Å²) < 4.78 is 9.16. The first-order valence-electron chi connectivity index (χ1n) is 30.0. The number of hydrogen-bond acceptors (Lipinski definition) is 6. The van der Waals surface area contributed by atoms with E-state index in [4.69, 9.17) is 30.9 Å². The van der Waals surface area contributed by atoms with Crippen molar-refractivity contribution in [3.05, 3.63) is 328 Å². The van der Waals surface area contributed by atoms with Gasteiger partial charge in [-0.2, -0.15) is 0 Å². The van der Waals surface area contributed by atoms with E-state index in [0.717, 1.165) is 168 Å². The van der Waals surface area contributed by atoms with Crippen LogP contribution in [0.3, 0.4) is 0 Å². The summed E-state index contributed by atoms with van der Waals surface area (Å²) in [5.41, 5.74) is 25.0. The normalized spacial score (nSPS) is 11.5. The Bertz CT molecular complexity index is 5080. The van der Waals surface area contributed by atoms with E-state index in [0.29, 0.717) is 0 Å². The van der Waals surface area contributed by atoms with Crippen LogP contribution in [0.4, 0.5) is 11.4 Å². The molecule has 0 N–H and O–H groups in total. The Hall–Kier alpha value is -11.8. The molecule has 89 heavy (non-hydrogen) atoms. The van der Waals surface area contributed by atoms with E-state index in [9.17, 15) is 0 Å². The predicted octanol–water partition coefficient (Wildman–Crippen LogP) is 21.4. The molecule has 0 fully saturated rings. The second-order valence-electron chi connectivity index (χ2n) is 22.2. The van der Waals surface area contributed by atoms with E-state index in [-0.39, 0.29) is 0 Å². The number of pyridine rings is 4. The quantitative estimate of drug-likeness (QED) is 0.0953. The van der Waals surface area contributed by atoms with E-state index >= 15 is 0 Å². The van der Waals surface area contributed by atoms with Crippen LogP contribution in [0, 0.1) is 0 Å². The van der Waals surface area contributed by atoms with Gasteiger partial charge in [0.25, 0.3) is 0 Å². The van der Waals surface area contributed by atoms with Crippen LogP contribution in [0.1, 0.15) is 18.1 Å². The fourth-order valence-electron chi connectivity index (χ4n) is 12.7. The van der Waals surface area contributed by atoms with Crippen molar-refractivity contribution < 1.29 is 4.42 Å². The first-order valence-corrected chi connectivity index (χ1v) is 30.0. The molecular formula is C82H58N6O. The van der Waals surface area contributed by atoms with Crippen LogP contribution in [0.2, 0.25) is 0 Å². The molecule has 6 heterocycles. The zero-order chi connectivity index (χ0) is 59.8. The molecule has 0 amide bonds. The highest BCUT2D eigenvalue weighted by Crippen LogP contribution is 2.44. The summed E-state index contributed by atoms with van der Waals surface area (Å²) in [6.45, 7) is 11.7. The number of hydrogen-bond donors (Lipinski definition) is 0. The molecule has 0 radical (unpaired) electrons. The molecule has 0 spiro atoms. The highest BCUT2D eigenvalue weighted by Gasteiger charge is 2.22. The standard InChI is InChI=1S/C82H58N6O/c1-4-56-49-57(63-22-6-10-26-67(63)75-30-14-18-46-84-75)35-40-78(56)87(55(3)34-33-54(2)62-21-5-9-25-66(62)74-29-13-17-45-83-74)60-38-43-81-72(52-60)73-53-61(39-44-82(73)89-81)88-79-41-36-58(64-23-7-11-27-68(64)76-31-15-19-47-85-76)50-70(79)71-51-59(37-42-80(71)88)65-24-8-12-28-69(65)77-32-16-20-48-86-77/h5-53H,2-4H2,1H3/b34-33-. The number of aryl methyl sites for hydroxylation is 1. The van der Waals surface area contributed by atoms with Gasteiger partial charge in [0.2, 0.25) is 0 Å². The molecule has 9 aromatic carbocycles. The van der Waals surface area contributed by atoms with Crippen LogP contribution >= 0.6 is 0 Å². The van der Waals surface area contributed by atoms with Crippen LogP contribution in [0.5, 0.6) is 0 Å². The number of aromatic nitrogens is 5. The lowest BCUT2D eigenvalue weighted by Gasteiger charge is -2.28. The van der Waals surface area contributed by atoms with Gasteiger partial charge in [-0.3, -0.25) is 19.9 Å². The Morgan fingerprint density at radius 2 is 0.843 bits per heavy atom. The summed E-state index contributed by atoms with van der Waals surface area (Å²) in [7, 11) is 0. The average Bonchev–Trinajstić information content (AvgIpc) is 1.81. The Labute approximate surface area is 516 Å². The SMILES string of the molecule is C=C(/C=C\C(=C)N(c1ccc2oc3ccc(-n4c5ccc(-c6ccccc6-c6ccccn6)cc5c5cc(-c6ccccc6-c6ccccn6)ccc54)cc3c2c1)c1ccc(-c2ccccc2-c2ccccn2)cc1CC)c1ccccc1-c1ccccn1. The fraction of sp³-hybridized carbons (Fsp3) is 0.0244. The smallest absolute Gasteiger partial charge is 0.135 e. The molecule has 0 aliphatic rings. The predicted molar refractivity (Wildman–Crippen MR) is 369 cm³/mol. The largest absolute Gasteiger partial charge is 0.456 e. The number of rotatable bonds is 15. The zero-order valence-corrected chi connectivity index (χ0v) is 49.0. The number of allylic oxidation sites excluding steroid dienone is 3. The van der Waals surface area contributed by atoms with Crippen molar-refractivity contribution in [3.8, 4) is 84.1 Å². The molecule has 0 aliphatic heterocycles. The molecule has 0 saturated heterocycles. The molecule has 0 bridgehead atoms. The van der Waals surface area contributed by atoms with E-state index < -0.39 is 0 Å². The van der Waals surface area contributed by atoms with E-state index in [2.05, 4.69) is 229 Å². The third-order valence-corrected chi connectivity index (χ3v) is 16.9.